The van der Waals surface area contributed by atoms with Crippen LogP contribution < -0.4 is 0 Å². The number of fused-ring (bicyclic) bond motifs is 1. The highest BCUT2D eigenvalue weighted by Crippen LogP contribution is 2.62. The summed E-state index contributed by atoms with van der Waals surface area (Å²) in [4.78, 5) is 0. The zero-order valence-electron chi connectivity index (χ0n) is 26.2. The van der Waals surface area contributed by atoms with Gasteiger partial charge in [0.1, 0.15) is 42.7 Å². The van der Waals surface area contributed by atoms with Gasteiger partial charge in [-0.2, -0.15) is 0 Å². The van der Waals surface area contributed by atoms with Crippen molar-refractivity contribution in [2.75, 3.05) is 6.61 Å². The second kappa shape index (κ2) is 13.0. The number of hydrogen-bond acceptors (Lipinski definition) is 11. The lowest BCUT2D eigenvalue weighted by molar-refractivity contribution is -0.375. The largest absolute Gasteiger partial charge is 0.394 e. The Kier molecular flexibility index (Phi) is 10.6. The van der Waals surface area contributed by atoms with E-state index in [1.807, 2.05) is 0 Å². The average molecular weight is 615 g/mol. The first kappa shape index (κ1) is 34.9. The number of aliphatic hydroxyl groups excluding tert-OH is 6. The summed E-state index contributed by atoms with van der Waals surface area (Å²) in [5, 5.41) is 73.2. The number of hydrogen-bond donors (Lipinski definition) is 7. The molecule has 0 unspecified atom stereocenters. The fourth-order valence-corrected chi connectivity index (χ4v) is 8.22. The molecule has 2 aliphatic heterocycles. The summed E-state index contributed by atoms with van der Waals surface area (Å²) in [5.41, 5.74) is -0.210. The van der Waals surface area contributed by atoms with Gasteiger partial charge in [-0.15, -0.1) is 6.58 Å². The van der Waals surface area contributed by atoms with Crippen molar-refractivity contribution < 1.29 is 54.7 Å². The average Bonchev–Trinajstić information content (AvgIpc) is 2.94. The fraction of sp³-hybridized carbons (Fsp3) is 0.875. The van der Waals surface area contributed by atoms with Crippen molar-refractivity contribution in [3.63, 3.8) is 0 Å². The van der Waals surface area contributed by atoms with Gasteiger partial charge in [0.2, 0.25) is 0 Å². The van der Waals surface area contributed by atoms with Crippen LogP contribution in [0, 0.1) is 22.7 Å². The van der Waals surface area contributed by atoms with Crippen molar-refractivity contribution in [2.24, 2.45) is 22.7 Å². The first-order valence-corrected chi connectivity index (χ1v) is 15.6. The van der Waals surface area contributed by atoms with Crippen LogP contribution in [0.15, 0.2) is 24.8 Å². The smallest absolute Gasteiger partial charge is 0.187 e. The van der Waals surface area contributed by atoms with E-state index in [1.54, 1.807) is 13.0 Å². The number of aliphatic hydroxyl groups is 7. The summed E-state index contributed by atoms with van der Waals surface area (Å²) < 4.78 is 24.1. The summed E-state index contributed by atoms with van der Waals surface area (Å²) in [6.45, 7) is 17.5. The molecule has 0 aromatic carbocycles. The van der Waals surface area contributed by atoms with Crippen molar-refractivity contribution in [1.82, 2.24) is 0 Å². The molecule has 0 radical (unpaired) electrons. The lowest BCUT2D eigenvalue weighted by atomic mass is 9.46. The molecule has 4 aliphatic rings. The SMILES string of the molecule is C=C[C@](C)(O)CC[C@H]1C(=C)CC[C@H]2C(C)(C)[C@@H](O[C@@H]3O[C@H](CO)[C@@H](O)[C@H](O)[C@H]3O[C@@H]3O[C@@H](C)[C@H](O)[C@@H](O)[C@H]3O)CC[C@]12C. The molecule has 2 saturated heterocycles. The van der Waals surface area contributed by atoms with Gasteiger partial charge in [-0.05, 0) is 75.0 Å². The predicted molar refractivity (Wildman–Crippen MR) is 156 cm³/mol. The lowest BCUT2D eigenvalue weighted by Gasteiger charge is -2.61. The molecule has 7 N–H and O–H groups in total. The quantitative estimate of drug-likeness (QED) is 0.146. The topological polar surface area (TPSA) is 179 Å². The summed E-state index contributed by atoms with van der Waals surface area (Å²) in [6, 6.07) is 0. The normalized spacial score (nSPS) is 48.3. The summed E-state index contributed by atoms with van der Waals surface area (Å²) in [7, 11) is 0. The summed E-state index contributed by atoms with van der Waals surface area (Å²) in [5.74, 6) is 0.445. The first-order chi connectivity index (χ1) is 20.0. The van der Waals surface area contributed by atoms with Crippen LogP contribution in [0.1, 0.15) is 73.1 Å². The van der Waals surface area contributed by atoms with Gasteiger partial charge < -0.3 is 54.7 Å². The van der Waals surface area contributed by atoms with Crippen molar-refractivity contribution in [2.45, 2.75) is 146 Å². The van der Waals surface area contributed by atoms with Crippen LogP contribution in [0.2, 0.25) is 0 Å². The zero-order valence-corrected chi connectivity index (χ0v) is 26.2. The van der Waals surface area contributed by atoms with Gasteiger partial charge in [0.25, 0.3) is 0 Å². The minimum Gasteiger partial charge on any atom is -0.394 e. The highest BCUT2D eigenvalue weighted by Gasteiger charge is 2.58. The van der Waals surface area contributed by atoms with Crippen LogP contribution in [0.3, 0.4) is 0 Å². The van der Waals surface area contributed by atoms with Crippen molar-refractivity contribution >= 4 is 0 Å². The van der Waals surface area contributed by atoms with E-state index in [-0.39, 0.29) is 28.8 Å². The Labute approximate surface area is 255 Å². The van der Waals surface area contributed by atoms with E-state index in [0.29, 0.717) is 12.8 Å². The molecular formula is C32H54O11. The van der Waals surface area contributed by atoms with Crippen molar-refractivity contribution in [3.05, 3.63) is 24.8 Å². The molecule has 11 nitrogen and oxygen atoms in total. The second-order valence-electron chi connectivity index (χ2n) is 14.4. The number of rotatable bonds is 9. The fourth-order valence-electron chi connectivity index (χ4n) is 8.22. The lowest BCUT2D eigenvalue weighted by Crippen LogP contribution is -2.65. The van der Waals surface area contributed by atoms with Crippen LogP contribution in [-0.2, 0) is 18.9 Å². The standard InChI is InChI=1S/C32H54O11/c1-8-31(6,39)13-11-18-16(2)9-10-20-30(4,5)21(12-14-32(18,20)7)42-29-27(25(37)23(35)19(15-33)41-29)43-28-26(38)24(36)22(34)17(3)40-28/h8,17-29,33-39H,1-2,9-15H2,3-7H3/t17-,18-,19+,20-,21-,22-,23+,24+,25-,26+,27+,28-,29-,31-,32+/m0/s1. The maximum absolute atomic E-state index is 11.1. The van der Waals surface area contributed by atoms with E-state index < -0.39 is 73.6 Å². The Morgan fingerprint density at radius 3 is 2.26 bits per heavy atom. The number of allylic oxidation sites excluding steroid dienone is 1. The van der Waals surface area contributed by atoms with E-state index in [1.165, 1.54) is 12.5 Å². The van der Waals surface area contributed by atoms with Gasteiger partial charge in [0, 0.05) is 0 Å². The molecule has 2 heterocycles. The minimum absolute atomic E-state index is 0.0875. The van der Waals surface area contributed by atoms with Gasteiger partial charge in [0.05, 0.1) is 24.4 Å². The first-order valence-electron chi connectivity index (χ1n) is 15.6. The van der Waals surface area contributed by atoms with Gasteiger partial charge in [0.15, 0.2) is 12.6 Å². The van der Waals surface area contributed by atoms with Crippen molar-refractivity contribution in [1.29, 1.82) is 0 Å². The molecule has 11 heteroatoms. The Balaban J connectivity index is 1.56. The third-order valence-electron chi connectivity index (χ3n) is 11.1. The van der Waals surface area contributed by atoms with E-state index in [9.17, 15) is 35.7 Å². The maximum Gasteiger partial charge on any atom is 0.187 e. The zero-order chi connectivity index (χ0) is 32.1. The van der Waals surface area contributed by atoms with Crippen LogP contribution in [0.25, 0.3) is 0 Å². The molecule has 0 aromatic rings. The molecule has 248 valence electrons. The molecule has 43 heavy (non-hydrogen) atoms. The Hall–Kier alpha value is -0.960. The summed E-state index contributed by atoms with van der Waals surface area (Å²) in [6.07, 6.45) is -7.76. The van der Waals surface area contributed by atoms with Crippen LogP contribution in [-0.4, -0.2) is 115 Å². The van der Waals surface area contributed by atoms with Gasteiger partial charge in [-0.25, -0.2) is 0 Å². The molecule has 2 saturated carbocycles. The number of ether oxygens (including phenoxy) is 4. The molecular weight excluding hydrogens is 560 g/mol. The molecule has 0 spiro atoms. The monoisotopic (exact) mass is 614 g/mol. The van der Waals surface area contributed by atoms with E-state index >= 15 is 0 Å². The highest BCUT2D eigenvalue weighted by atomic mass is 16.8. The van der Waals surface area contributed by atoms with E-state index in [2.05, 4.69) is 33.9 Å². The third-order valence-corrected chi connectivity index (χ3v) is 11.1. The highest BCUT2D eigenvalue weighted by molar-refractivity contribution is 5.17. The van der Waals surface area contributed by atoms with E-state index in [0.717, 1.165) is 25.7 Å². The van der Waals surface area contributed by atoms with Crippen LogP contribution in [0.4, 0.5) is 0 Å². The molecule has 4 rings (SSSR count). The molecule has 0 aromatic heterocycles. The van der Waals surface area contributed by atoms with Crippen molar-refractivity contribution in [3.8, 4) is 0 Å². The minimum atomic E-state index is -1.63. The Morgan fingerprint density at radius 1 is 0.953 bits per heavy atom. The summed E-state index contributed by atoms with van der Waals surface area (Å²) >= 11 is 0. The molecule has 4 fully saturated rings. The molecule has 15 atom stereocenters. The second-order valence-corrected chi connectivity index (χ2v) is 14.4. The van der Waals surface area contributed by atoms with Crippen LogP contribution in [0.5, 0.6) is 0 Å². The van der Waals surface area contributed by atoms with E-state index in [4.69, 9.17) is 18.9 Å². The van der Waals surface area contributed by atoms with Gasteiger partial charge in [-0.3, -0.25) is 0 Å². The van der Waals surface area contributed by atoms with Gasteiger partial charge in [-0.1, -0.05) is 39.0 Å². The molecule has 0 bridgehead atoms. The maximum atomic E-state index is 11.1. The van der Waals surface area contributed by atoms with Gasteiger partial charge >= 0.3 is 0 Å². The Morgan fingerprint density at radius 2 is 1.63 bits per heavy atom. The van der Waals surface area contributed by atoms with Crippen LogP contribution >= 0.6 is 0 Å². The predicted octanol–water partition coefficient (Wildman–Crippen LogP) is 1.15. The molecule has 2 aliphatic carbocycles. The third kappa shape index (κ3) is 6.64. The molecule has 0 amide bonds. The Bertz CT molecular complexity index is 986.